The van der Waals surface area contributed by atoms with Crippen LogP contribution in [0.15, 0.2) is 0 Å². The summed E-state index contributed by atoms with van der Waals surface area (Å²) in [5.41, 5.74) is 0. The Labute approximate surface area is 380 Å². The van der Waals surface area contributed by atoms with Gasteiger partial charge in [-0.3, -0.25) is 14.4 Å². The van der Waals surface area contributed by atoms with Crippen molar-refractivity contribution < 1.29 is 28.6 Å². The fraction of sp³-hybridized carbons (Fsp3) is 0.945. The number of carbonyl (C=O) groups excluding carboxylic acids is 3. The van der Waals surface area contributed by atoms with Crippen LogP contribution < -0.4 is 0 Å². The lowest BCUT2D eigenvalue weighted by atomic mass is 10.0. The maximum atomic E-state index is 12.8. The summed E-state index contributed by atoms with van der Waals surface area (Å²) < 4.78 is 16.8. The van der Waals surface area contributed by atoms with E-state index in [1.165, 1.54) is 193 Å². The van der Waals surface area contributed by atoms with Gasteiger partial charge in [0, 0.05) is 19.3 Å². The molecule has 6 heteroatoms. The number of rotatable bonds is 49. The third-order valence-corrected chi connectivity index (χ3v) is 12.5. The molecule has 0 aromatic rings. The molecule has 0 bridgehead atoms. The Morgan fingerprint density at radius 1 is 0.311 bits per heavy atom. The van der Waals surface area contributed by atoms with Crippen LogP contribution in [0, 0.1) is 11.8 Å². The van der Waals surface area contributed by atoms with Gasteiger partial charge in [-0.25, -0.2) is 0 Å². The van der Waals surface area contributed by atoms with Crippen LogP contribution in [-0.4, -0.2) is 37.2 Å². The fourth-order valence-corrected chi connectivity index (χ4v) is 8.34. The standard InChI is InChI=1S/C55H106O6/c1-6-7-8-9-10-11-12-13-14-20-25-30-35-40-45-53(56)59-48-52(49-60-54(57)46-41-36-31-26-22-17-19-24-29-34-39-44-51(4)5)61-55(58)47-42-37-32-27-21-16-15-18-23-28-33-38-43-50(2)3/h50-52H,6-49H2,1-5H3/t52-/m0/s1. The van der Waals surface area contributed by atoms with E-state index in [1.54, 1.807) is 0 Å². The molecule has 0 amide bonds. The molecule has 0 unspecified atom stereocenters. The number of unbranched alkanes of at least 4 members (excludes halogenated alkanes) is 34. The van der Waals surface area contributed by atoms with Crippen molar-refractivity contribution in [1.82, 2.24) is 0 Å². The minimum Gasteiger partial charge on any atom is -0.462 e. The normalized spacial score (nSPS) is 12.0. The zero-order valence-electron chi connectivity index (χ0n) is 41.8. The number of carbonyl (C=O) groups is 3. The summed E-state index contributed by atoms with van der Waals surface area (Å²) in [7, 11) is 0. The van der Waals surface area contributed by atoms with Crippen LogP contribution in [0.2, 0.25) is 0 Å². The second-order valence-electron chi connectivity index (χ2n) is 19.8. The lowest BCUT2D eigenvalue weighted by Gasteiger charge is -2.18. The number of esters is 3. The van der Waals surface area contributed by atoms with Crippen molar-refractivity contribution >= 4 is 17.9 Å². The molecular weight excluding hydrogens is 757 g/mol. The van der Waals surface area contributed by atoms with E-state index in [-0.39, 0.29) is 31.1 Å². The highest BCUT2D eigenvalue weighted by Crippen LogP contribution is 2.18. The van der Waals surface area contributed by atoms with Crippen molar-refractivity contribution in [3.63, 3.8) is 0 Å². The van der Waals surface area contributed by atoms with Crippen molar-refractivity contribution in [3.8, 4) is 0 Å². The summed E-state index contributed by atoms with van der Waals surface area (Å²) in [4.78, 5) is 38.0. The molecule has 0 aliphatic carbocycles. The average molecular weight is 863 g/mol. The van der Waals surface area contributed by atoms with E-state index in [1.807, 2.05) is 0 Å². The first-order chi connectivity index (χ1) is 29.7. The summed E-state index contributed by atoms with van der Waals surface area (Å²) in [6.07, 6.45) is 49.4. The molecule has 0 aliphatic heterocycles. The van der Waals surface area contributed by atoms with Crippen molar-refractivity contribution in [2.24, 2.45) is 11.8 Å². The minimum atomic E-state index is -0.762. The molecule has 0 saturated carbocycles. The van der Waals surface area contributed by atoms with Gasteiger partial charge in [0.1, 0.15) is 13.2 Å². The molecule has 6 nitrogen and oxygen atoms in total. The van der Waals surface area contributed by atoms with Crippen LogP contribution in [0.1, 0.15) is 304 Å². The van der Waals surface area contributed by atoms with Crippen LogP contribution in [0.3, 0.4) is 0 Å². The van der Waals surface area contributed by atoms with Crippen LogP contribution >= 0.6 is 0 Å². The first-order valence-electron chi connectivity index (χ1n) is 27.2. The molecule has 1 atom stereocenters. The largest absolute Gasteiger partial charge is 0.462 e. The summed E-state index contributed by atoms with van der Waals surface area (Å²) in [5, 5.41) is 0. The Bertz CT molecular complexity index is 931. The number of hydrogen-bond donors (Lipinski definition) is 0. The maximum Gasteiger partial charge on any atom is 0.306 e. The quantitative estimate of drug-likeness (QED) is 0.0344. The Hall–Kier alpha value is -1.59. The molecule has 0 aromatic carbocycles. The molecule has 0 fully saturated rings. The molecule has 0 heterocycles. The monoisotopic (exact) mass is 863 g/mol. The molecule has 0 N–H and O–H groups in total. The van der Waals surface area contributed by atoms with E-state index in [4.69, 9.17) is 14.2 Å². The van der Waals surface area contributed by atoms with Gasteiger partial charge in [0.05, 0.1) is 0 Å². The first-order valence-corrected chi connectivity index (χ1v) is 27.2. The minimum absolute atomic E-state index is 0.0631. The summed E-state index contributed by atoms with van der Waals surface area (Å²) in [6.45, 7) is 11.4. The predicted molar refractivity (Wildman–Crippen MR) is 261 cm³/mol. The molecule has 0 aliphatic rings. The Morgan fingerprint density at radius 2 is 0.541 bits per heavy atom. The smallest absolute Gasteiger partial charge is 0.306 e. The second-order valence-corrected chi connectivity index (χ2v) is 19.8. The van der Waals surface area contributed by atoms with Gasteiger partial charge in [-0.05, 0) is 31.1 Å². The van der Waals surface area contributed by atoms with Crippen molar-refractivity contribution in [2.75, 3.05) is 13.2 Å². The fourth-order valence-electron chi connectivity index (χ4n) is 8.34. The summed E-state index contributed by atoms with van der Waals surface area (Å²) >= 11 is 0. The van der Waals surface area contributed by atoms with Crippen LogP contribution in [-0.2, 0) is 28.6 Å². The Kier molecular flexibility index (Phi) is 46.6. The van der Waals surface area contributed by atoms with E-state index in [2.05, 4.69) is 34.6 Å². The van der Waals surface area contributed by atoms with Gasteiger partial charge < -0.3 is 14.2 Å². The predicted octanol–water partition coefficient (Wildman–Crippen LogP) is 17.7. The topological polar surface area (TPSA) is 78.9 Å². The SMILES string of the molecule is CCCCCCCCCCCCCCCCC(=O)OC[C@@H](COC(=O)CCCCCCCCCCCCCC(C)C)OC(=O)CCCCCCCCCCCCCCC(C)C. The molecule has 61 heavy (non-hydrogen) atoms. The molecule has 0 radical (unpaired) electrons. The lowest BCUT2D eigenvalue weighted by molar-refractivity contribution is -0.167. The van der Waals surface area contributed by atoms with Crippen LogP contribution in [0.25, 0.3) is 0 Å². The summed E-state index contributed by atoms with van der Waals surface area (Å²) in [5.74, 6) is 0.815. The van der Waals surface area contributed by atoms with Crippen LogP contribution in [0.4, 0.5) is 0 Å². The van der Waals surface area contributed by atoms with E-state index in [0.717, 1.165) is 69.6 Å². The highest BCUT2D eigenvalue weighted by Gasteiger charge is 2.19. The molecule has 0 saturated heterocycles. The molecule has 0 aromatic heterocycles. The Morgan fingerprint density at radius 3 is 0.803 bits per heavy atom. The van der Waals surface area contributed by atoms with E-state index >= 15 is 0 Å². The van der Waals surface area contributed by atoms with Gasteiger partial charge in [-0.2, -0.15) is 0 Å². The van der Waals surface area contributed by atoms with Gasteiger partial charge in [-0.15, -0.1) is 0 Å². The van der Waals surface area contributed by atoms with Gasteiger partial charge in [-0.1, -0.05) is 266 Å². The van der Waals surface area contributed by atoms with Gasteiger partial charge in [0.25, 0.3) is 0 Å². The first kappa shape index (κ1) is 59.4. The molecule has 0 rings (SSSR count). The molecule has 362 valence electrons. The van der Waals surface area contributed by atoms with Crippen molar-refractivity contribution in [1.29, 1.82) is 0 Å². The van der Waals surface area contributed by atoms with E-state index in [9.17, 15) is 14.4 Å². The van der Waals surface area contributed by atoms with Gasteiger partial charge >= 0.3 is 17.9 Å². The molecular formula is C55H106O6. The zero-order chi connectivity index (χ0) is 44.7. The number of hydrogen-bond acceptors (Lipinski definition) is 6. The van der Waals surface area contributed by atoms with E-state index in [0.29, 0.717) is 19.3 Å². The summed E-state index contributed by atoms with van der Waals surface area (Å²) in [6, 6.07) is 0. The highest BCUT2D eigenvalue weighted by atomic mass is 16.6. The third-order valence-electron chi connectivity index (χ3n) is 12.5. The molecule has 0 spiro atoms. The van der Waals surface area contributed by atoms with Gasteiger partial charge in [0.2, 0.25) is 0 Å². The van der Waals surface area contributed by atoms with Crippen molar-refractivity contribution in [3.05, 3.63) is 0 Å². The lowest BCUT2D eigenvalue weighted by Crippen LogP contribution is -2.30. The van der Waals surface area contributed by atoms with E-state index < -0.39 is 6.10 Å². The van der Waals surface area contributed by atoms with Crippen LogP contribution in [0.5, 0.6) is 0 Å². The third kappa shape index (κ3) is 49.3. The highest BCUT2D eigenvalue weighted by molar-refractivity contribution is 5.71. The van der Waals surface area contributed by atoms with Crippen molar-refractivity contribution in [2.45, 2.75) is 310 Å². The zero-order valence-corrected chi connectivity index (χ0v) is 41.8. The average Bonchev–Trinajstić information content (AvgIpc) is 3.23. The Balaban J connectivity index is 4.32. The number of ether oxygens (including phenoxy) is 3. The van der Waals surface area contributed by atoms with Gasteiger partial charge in [0.15, 0.2) is 6.10 Å². The maximum absolute atomic E-state index is 12.8. The second kappa shape index (κ2) is 47.9.